The number of aryl methyl sites for hydroxylation is 1. The Morgan fingerprint density at radius 2 is 1.55 bits per heavy atom. The van der Waals surface area contributed by atoms with Crippen LogP contribution in [0.3, 0.4) is 0 Å². The Morgan fingerprint density at radius 3 is 2.13 bits per heavy atom. The highest BCUT2D eigenvalue weighted by Crippen LogP contribution is 2.41. The zero-order valence-electron chi connectivity index (χ0n) is 16.6. The fraction of sp³-hybridized carbons (Fsp3) is 0.0909. The van der Waals surface area contributed by atoms with Crippen LogP contribution in [0.4, 0.5) is 17.1 Å². The molecule has 3 aromatic carbocycles. The summed E-state index contributed by atoms with van der Waals surface area (Å²) in [6.45, 7) is 1.82. The van der Waals surface area contributed by atoms with E-state index in [9.17, 15) is 22.6 Å². The number of rotatable bonds is 4. The Morgan fingerprint density at radius 1 is 0.935 bits per heavy atom. The second kappa shape index (κ2) is 7.22. The average Bonchev–Trinajstić information content (AvgIpc) is 2.72. The Balaban J connectivity index is 2.04. The molecule has 3 aromatic rings. The lowest BCUT2D eigenvalue weighted by Gasteiger charge is -2.24. The van der Waals surface area contributed by atoms with Crippen molar-refractivity contribution < 1.29 is 27.3 Å². The van der Waals surface area contributed by atoms with Crippen LogP contribution in [0.5, 0.6) is 5.75 Å². The van der Waals surface area contributed by atoms with Crippen LogP contribution in [0.1, 0.15) is 37.4 Å². The molecular weight excluding hydrogens is 420 g/mol. The SMILES string of the molecule is COc1c(C)cccc1Nc1cc(S(=O)(=O)O)c(N)c2c1C(=O)c1ccccc1C2=O. The van der Waals surface area contributed by atoms with Gasteiger partial charge in [0.15, 0.2) is 11.6 Å². The van der Waals surface area contributed by atoms with Crippen LogP contribution in [-0.2, 0) is 10.1 Å². The largest absolute Gasteiger partial charge is 0.494 e. The standard InChI is InChI=1S/C22H18N2O6S/c1-11-6-5-9-14(22(11)30-2)24-15-10-16(31(27,28)29)19(23)18-17(15)20(25)12-7-3-4-8-13(12)21(18)26/h3-10,24H,23H2,1-2H3,(H,27,28,29). The number of ether oxygens (including phenoxy) is 1. The first-order valence-corrected chi connectivity index (χ1v) is 10.6. The van der Waals surface area contributed by atoms with Gasteiger partial charge >= 0.3 is 0 Å². The van der Waals surface area contributed by atoms with Crippen LogP contribution in [-0.4, -0.2) is 31.6 Å². The van der Waals surface area contributed by atoms with Crippen molar-refractivity contribution in [3.8, 4) is 5.75 Å². The maximum atomic E-state index is 13.3. The molecule has 9 heteroatoms. The van der Waals surface area contributed by atoms with E-state index < -0.39 is 32.3 Å². The zero-order chi connectivity index (χ0) is 22.5. The molecule has 0 saturated carbocycles. The van der Waals surface area contributed by atoms with E-state index in [-0.39, 0.29) is 27.9 Å². The third-order valence-electron chi connectivity index (χ3n) is 5.16. The summed E-state index contributed by atoms with van der Waals surface area (Å²) < 4.78 is 39.1. The van der Waals surface area contributed by atoms with Gasteiger partial charge in [-0.15, -0.1) is 0 Å². The van der Waals surface area contributed by atoms with Gasteiger partial charge in [-0.05, 0) is 24.6 Å². The number of benzene rings is 3. The topological polar surface area (TPSA) is 136 Å². The molecule has 0 aliphatic heterocycles. The van der Waals surface area contributed by atoms with Crippen LogP contribution < -0.4 is 15.8 Å². The number of carbonyl (C=O) groups is 2. The number of methoxy groups -OCH3 is 1. The van der Waals surface area contributed by atoms with Gasteiger partial charge < -0.3 is 15.8 Å². The molecule has 4 N–H and O–H groups in total. The maximum absolute atomic E-state index is 13.3. The first kappa shape index (κ1) is 20.6. The number of para-hydroxylation sites is 1. The summed E-state index contributed by atoms with van der Waals surface area (Å²) in [6.07, 6.45) is 0. The van der Waals surface area contributed by atoms with Crippen molar-refractivity contribution in [3.05, 3.63) is 76.3 Å². The molecular formula is C22H18N2O6S. The smallest absolute Gasteiger partial charge is 0.296 e. The second-order valence-corrected chi connectivity index (χ2v) is 8.44. The van der Waals surface area contributed by atoms with Crippen LogP contribution in [0.2, 0.25) is 0 Å². The fourth-order valence-electron chi connectivity index (χ4n) is 3.77. The monoisotopic (exact) mass is 438 g/mol. The summed E-state index contributed by atoms with van der Waals surface area (Å²) in [6, 6.07) is 12.5. The molecule has 1 aliphatic rings. The van der Waals surface area contributed by atoms with Gasteiger partial charge in [-0.1, -0.05) is 36.4 Å². The van der Waals surface area contributed by atoms with E-state index in [0.717, 1.165) is 11.6 Å². The quantitative estimate of drug-likeness (QED) is 0.326. The molecule has 0 bridgehead atoms. The molecule has 158 valence electrons. The van der Waals surface area contributed by atoms with Gasteiger partial charge in [-0.2, -0.15) is 8.42 Å². The molecule has 0 radical (unpaired) electrons. The number of fused-ring (bicyclic) bond motifs is 2. The lowest BCUT2D eigenvalue weighted by atomic mass is 9.82. The van der Waals surface area contributed by atoms with Crippen molar-refractivity contribution >= 4 is 38.7 Å². The molecule has 0 atom stereocenters. The molecule has 0 amide bonds. The molecule has 0 spiro atoms. The van der Waals surface area contributed by atoms with Crippen LogP contribution in [0, 0.1) is 6.92 Å². The molecule has 4 rings (SSSR count). The van der Waals surface area contributed by atoms with Gasteiger partial charge in [0, 0.05) is 11.1 Å². The number of nitrogen functional groups attached to an aromatic ring is 1. The Hall–Kier alpha value is -3.69. The predicted molar refractivity (Wildman–Crippen MR) is 115 cm³/mol. The summed E-state index contributed by atoms with van der Waals surface area (Å²) >= 11 is 0. The number of hydrogen-bond donors (Lipinski definition) is 3. The minimum Gasteiger partial charge on any atom is -0.494 e. The van der Waals surface area contributed by atoms with Crippen LogP contribution in [0.25, 0.3) is 0 Å². The summed E-state index contributed by atoms with van der Waals surface area (Å²) in [5.74, 6) is -0.628. The van der Waals surface area contributed by atoms with Gasteiger partial charge in [0.05, 0.1) is 35.3 Å². The van der Waals surface area contributed by atoms with E-state index >= 15 is 0 Å². The Kier molecular flexibility index (Phi) is 4.79. The van der Waals surface area contributed by atoms with Crippen LogP contribution >= 0.6 is 0 Å². The third kappa shape index (κ3) is 3.24. The van der Waals surface area contributed by atoms with Crippen molar-refractivity contribution in [2.75, 3.05) is 18.2 Å². The summed E-state index contributed by atoms with van der Waals surface area (Å²) in [5.41, 5.74) is 6.68. The average molecular weight is 438 g/mol. The lowest BCUT2D eigenvalue weighted by Crippen LogP contribution is -2.25. The van der Waals surface area contributed by atoms with E-state index in [0.29, 0.717) is 11.4 Å². The minimum atomic E-state index is -4.78. The number of nitrogens with two attached hydrogens (primary N) is 1. The molecule has 0 unspecified atom stereocenters. The number of ketones is 2. The minimum absolute atomic E-state index is 0.00794. The maximum Gasteiger partial charge on any atom is 0.296 e. The number of carbonyl (C=O) groups excluding carboxylic acids is 2. The summed E-state index contributed by atoms with van der Waals surface area (Å²) in [4.78, 5) is 25.8. The van der Waals surface area contributed by atoms with Crippen LogP contribution in [0.15, 0.2) is 53.4 Å². The second-order valence-electron chi connectivity index (χ2n) is 7.05. The van der Waals surface area contributed by atoms with E-state index in [1.54, 1.807) is 24.3 Å². The Bertz CT molecular complexity index is 1380. The van der Waals surface area contributed by atoms with Crippen molar-refractivity contribution in [3.63, 3.8) is 0 Å². The zero-order valence-corrected chi connectivity index (χ0v) is 17.4. The van der Waals surface area contributed by atoms with E-state index in [1.807, 2.05) is 13.0 Å². The van der Waals surface area contributed by atoms with Crippen molar-refractivity contribution in [1.82, 2.24) is 0 Å². The highest BCUT2D eigenvalue weighted by molar-refractivity contribution is 7.86. The van der Waals surface area contributed by atoms with Gasteiger partial charge in [-0.3, -0.25) is 14.1 Å². The predicted octanol–water partition coefficient (Wildman–Crippen LogP) is 3.35. The molecule has 1 aliphatic carbocycles. The summed E-state index contributed by atoms with van der Waals surface area (Å²) in [5, 5.41) is 2.98. The fourth-order valence-corrected chi connectivity index (χ4v) is 4.42. The van der Waals surface area contributed by atoms with E-state index in [2.05, 4.69) is 5.32 Å². The lowest BCUT2D eigenvalue weighted by molar-refractivity contribution is 0.0980. The normalized spacial score (nSPS) is 12.9. The molecule has 8 nitrogen and oxygen atoms in total. The highest BCUT2D eigenvalue weighted by atomic mass is 32.2. The highest BCUT2D eigenvalue weighted by Gasteiger charge is 2.36. The first-order chi connectivity index (χ1) is 14.6. The van der Waals surface area contributed by atoms with Crippen molar-refractivity contribution in [1.29, 1.82) is 0 Å². The first-order valence-electron chi connectivity index (χ1n) is 9.18. The van der Waals surface area contributed by atoms with Crippen molar-refractivity contribution in [2.45, 2.75) is 11.8 Å². The molecule has 0 heterocycles. The Labute approximate surface area is 178 Å². The number of nitrogens with one attached hydrogen (secondary N) is 1. The van der Waals surface area contributed by atoms with Gasteiger partial charge in [0.25, 0.3) is 10.1 Å². The summed E-state index contributed by atoms with van der Waals surface area (Å²) in [7, 11) is -3.31. The molecule has 0 aromatic heterocycles. The van der Waals surface area contributed by atoms with Gasteiger partial charge in [0.1, 0.15) is 10.6 Å². The van der Waals surface area contributed by atoms with Crippen molar-refractivity contribution in [2.24, 2.45) is 0 Å². The molecule has 0 fully saturated rings. The third-order valence-corrected chi connectivity index (χ3v) is 6.06. The van der Waals surface area contributed by atoms with Gasteiger partial charge in [0.2, 0.25) is 0 Å². The molecule has 31 heavy (non-hydrogen) atoms. The van der Waals surface area contributed by atoms with E-state index in [4.69, 9.17) is 10.5 Å². The number of hydrogen-bond acceptors (Lipinski definition) is 7. The number of anilines is 3. The molecule has 0 saturated heterocycles. The van der Waals surface area contributed by atoms with Gasteiger partial charge in [-0.25, -0.2) is 0 Å². The van der Waals surface area contributed by atoms with E-state index in [1.165, 1.54) is 19.2 Å².